The van der Waals surface area contributed by atoms with Gasteiger partial charge in [0, 0.05) is 37.9 Å². The van der Waals surface area contributed by atoms with Crippen molar-refractivity contribution in [1.29, 1.82) is 0 Å². The number of rotatable bonds is 9. The van der Waals surface area contributed by atoms with Gasteiger partial charge < -0.3 is 35.3 Å². The van der Waals surface area contributed by atoms with Crippen molar-refractivity contribution in [3.8, 4) is 0 Å². The number of aromatic amines is 1. The monoisotopic (exact) mass is 564 g/mol. The average molecular weight is 565 g/mol. The lowest BCUT2D eigenvalue weighted by Gasteiger charge is -2.24. The van der Waals surface area contributed by atoms with Crippen molar-refractivity contribution in [1.82, 2.24) is 25.1 Å². The number of H-pyrrole nitrogens is 1. The molecule has 4 rings (SSSR count). The second-order valence-electron chi connectivity index (χ2n) is 11.1. The maximum absolute atomic E-state index is 13.3. The van der Waals surface area contributed by atoms with Crippen molar-refractivity contribution in [2.75, 3.05) is 25.5 Å². The van der Waals surface area contributed by atoms with E-state index in [-0.39, 0.29) is 38.0 Å². The Morgan fingerprint density at radius 3 is 2.66 bits per heavy atom. The van der Waals surface area contributed by atoms with Gasteiger partial charge in [-0.05, 0) is 63.1 Å². The molecule has 3 aromatic rings. The zero-order chi connectivity index (χ0) is 29.7. The van der Waals surface area contributed by atoms with E-state index in [1.165, 1.54) is 0 Å². The minimum Gasteiger partial charge on any atom is -0.481 e. The SMILES string of the molecule is CN(Cc1nc2ccccc2[nH]1)C(=O)c1ccc2c(c1)CN(CCCNC(=O)OC(C)(C)C)C(=O)C(CC(=O)O)N2. The van der Waals surface area contributed by atoms with Gasteiger partial charge in [0.2, 0.25) is 5.91 Å². The number of nitrogens with one attached hydrogen (secondary N) is 3. The largest absolute Gasteiger partial charge is 0.481 e. The van der Waals surface area contributed by atoms with Gasteiger partial charge in [-0.25, -0.2) is 9.78 Å². The van der Waals surface area contributed by atoms with E-state index in [9.17, 15) is 24.3 Å². The van der Waals surface area contributed by atoms with Gasteiger partial charge in [0.25, 0.3) is 5.91 Å². The summed E-state index contributed by atoms with van der Waals surface area (Å²) in [6.45, 7) is 6.31. The molecular formula is C29H36N6O6. The van der Waals surface area contributed by atoms with Gasteiger partial charge in [-0.1, -0.05) is 12.1 Å². The topological polar surface area (TPSA) is 157 Å². The Bertz CT molecular complexity index is 1410. The Morgan fingerprint density at radius 2 is 1.95 bits per heavy atom. The molecule has 0 saturated heterocycles. The fourth-order valence-corrected chi connectivity index (χ4v) is 4.63. The number of fused-ring (bicyclic) bond motifs is 2. The van der Waals surface area contributed by atoms with Crippen LogP contribution in [0.15, 0.2) is 42.5 Å². The highest BCUT2D eigenvalue weighted by Crippen LogP contribution is 2.26. The maximum atomic E-state index is 13.3. The van der Waals surface area contributed by atoms with Crippen molar-refractivity contribution < 1.29 is 29.0 Å². The summed E-state index contributed by atoms with van der Waals surface area (Å²) < 4.78 is 5.24. The maximum Gasteiger partial charge on any atom is 0.407 e. The van der Waals surface area contributed by atoms with Gasteiger partial charge in [-0.15, -0.1) is 0 Å². The van der Waals surface area contributed by atoms with Crippen LogP contribution < -0.4 is 10.6 Å². The fraction of sp³-hybridized carbons (Fsp3) is 0.414. The lowest BCUT2D eigenvalue weighted by molar-refractivity contribution is -0.141. The smallest absolute Gasteiger partial charge is 0.407 e. The number of anilines is 1. The summed E-state index contributed by atoms with van der Waals surface area (Å²) in [4.78, 5) is 60.9. The summed E-state index contributed by atoms with van der Waals surface area (Å²) in [6.07, 6.45) is -0.518. The number of aliphatic carboxylic acids is 1. The Balaban J connectivity index is 1.46. The second-order valence-corrected chi connectivity index (χ2v) is 11.1. The van der Waals surface area contributed by atoms with Crippen LogP contribution in [-0.2, 0) is 27.4 Å². The number of hydrogen-bond acceptors (Lipinski definition) is 7. The third kappa shape index (κ3) is 7.74. The Hall–Kier alpha value is -4.61. The van der Waals surface area contributed by atoms with E-state index in [2.05, 4.69) is 20.6 Å². The van der Waals surface area contributed by atoms with Crippen LogP contribution in [0.25, 0.3) is 11.0 Å². The highest BCUT2D eigenvalue weighted by atomic mass is 16.6. The molecule has 1 aromatic heterocycles. The molecule has 2 aromatic carbocycles. The van der Waals surface area contributed by atoms with Gasteiger partial charge in [-0.2, -0.15) is 0 Å². The summed E-state index contributed by atoms with van der Waals surface area (Å²) in [5.41, 5.74) is 2.80. The molecule has 0 spiro atoms. The van der Waals surface area contributed by atoms with E-state index in [1.54, 1.807) is 55.8 Å². The third-order valence-electron chi connectivity index (χ3n) is 6.48. The third-order valence-corrected chi connectivity index (χ3v) is 6.48. The van der Waals surface area contributed by atoms with E-state index < -0.39 is 30.1 Å². The summed E-state index contributed by atoms with van der Waals surface area (Å²) in [7, 11) is 1.69. The molecule has 218 valence electrons. The molecule has 0 bridgehead atoms. The van der Waals surface area contributed by atoms with E-state index in [1.807, 2.05) is 24.3 Å². The van der Waals surface area contributed by atoms with E-state index >= 15 is 0 Å². The first kappa shape index (κ1) is 29.4. The van der Waals surface area contributed by atoms with Crippen LogP contribution >= 0.6 is 0 Å². The first-order valence-corrected chi connectivity index (χ1v) is 13.5. The summed E-state index contributed by atoms with van der Waals surface area (Å²) >= 11 is 0. The number of aromatic nitrogens is 2. The van der Waals surface area contributed by atoms with Crippen molar-refractivity contribution in [3.05, 3.63) is 59.4 Å². The first-order valence-electron chi connectivity index (χ1n) is 13.5. The number of amides is 3. The van der Waals surface area contributed by atoms with Crippen LogP contribution in [-0.4, -0.2) is 80.5 Å². The number of imidazole rings is 1. The highest BCUT2D eigenvalue weighted by molar-refractivity contribution is 5.95. The number of hydrogen-bond donors (Lipinski definition) is 4. The molecular weight excluding hydrogens is 528 g/mol. The van der Waals surface area contributed by atoms with Gasteiger partial charge in [0.05, 0.1) is 24.0 Å². The number of carbonyl (C=O) groups is 4. The normalized spacial score (nSPS) is 15.1. The van der Waals surface area contributed by atoms with Crippen molar-refractivity contribution in [2.45, 2.75) is 58.3 Å². The molecule has 0 saturated carbocycles. The predicted molar refractivity (Wildman–Crippen MR) is 152 cm³/mol. The van der Waals surface area contributed by atoms with E-state index in [0.29, 0.717) is 29.1 Å². The zero-order valence-corrected chi connectivity index (χ0v) is 23.7. The number of para-hydroxylation sites is 2. The molecule has 0 aliphatic carbocycles. The zero-order valence-electron chi connectivity index (χ0n) is 23.7. The number of ether oxygens (including phenoxy) is 1. The number of alkyl carbamates (subject to hydrolysis) is 1. The average Bonchev–Trinajstić information content (AvgIpc) is 3.25. The Kier molecular flexibility index (Phi) is 8.80. The summed E-state index contributed by atoms with van der Waals surface area (Å²) in [5, 5.41) is 15.1. The van der Waals surface area contributed by atoms with Crippen molar-refractivity contribution in [3.63, 3.8) is 0 Å². The number of carbonyl (C=O) groups excluding carboxylic acids is 3. The van der Waals surface area contributed by atoms with Crippen LogP contribution in [0.3, 0.4) is 0 Å². The molecule has 2 heterocycles. The molecule has 3 amide bonds. The summed E-state index contributed by atoms with van der Waals surface area (Å²) in [5.74, 6) is -1.04. The number of carboxylic acids is 1. The van der Waals surface area contributed by atoms with Crippen LogP contribution in [0.2, 0.25) is 0 Å². The molecule has 0 fully saturated rings. The molecule has 0 radical (unpaired) electrons. The van der Waals surface area contributed by atoms with Crippen LogP contribution in [0.1, 0.15) is 55.4 Å². The van der Waals surface area contributed by atoms with Crippen LogP contribution in [0, 0.1) is 0 Å². The second kappa shape index (κ2) is 12.3. The first-order chi connectivity index (χ1) is 19.4. The Morgan fingerprint density at radius 1 is 1.20 bits per heavy atom. The van der Waals surface area contributed by atoms with Gasteiger partial charge in [0.15, 0.2) is 0 Å². The summed E-state index contributed by atoms with van der Waals surface area (Å²) in [6, 6.07) is 11.7. The van der Waals surface area contributed by atoms with Gasteiger partial charge in [-0.3, -0.25) is 14.4 Å². The van der Waals surface area contributed by atoms with Crippen molar-refractivity contribution >= 4 is 40.6 Å². The van der Waals surface area contributed by atoms with Gasteiger partial charge in [0.1, 0.15) is 17.5 Å². The number of benzene rings is 2. The lowest BCUT2D eigenvalue weighted by Crippen LogP contribution is -2.42. The highest BCUT2D eigenvalue weighted by Gasteiger charge is 2.31. The van der Waals surface area contributed by atoms with E-state index in [4.69, 9.17) is 4.74 Å². The van der Waals surface area contributed by atoms with E-state index in [0.717, 1.165) is 11.0 Å². The molecule has 1 aliphatic heterocycles. The van der Waals surface area contributed by atoms with Gasteiger partial charge >= 0.3 is 12.1 Å². The van der Waals surface area contributed by atoms with Crippen LogP contribution in [0.5, 0.6) is 0 Å². The number of carboxylic acid groups (broad SMARTS) is 1. The standard InChI is InChI=1S/C29H36N6O6/c1-29(2,3)41-28(40)30-12-7-13-35-16-19-14-18(10-11-20(19)31-23(27(35)39)15-25(36)37)26(38)34(4)17-24-32-21-8-5-6-9-22(21)33-24/h5-6,8-11,14,23,31H,7,12-13,15-17H2,1-4H3,(H,30,40)(H,32,33)(H,36,37). The minimum atomic E-state index is -1.11. The molecule has 1 unspecified atom stereocenters. The lowest BCUT2D eigenvalue weighted by atomic mass is 10.1. The minimum absolute atomic E-state index is 0.179. The molecule has 12 nitrogen and oxygen atoms in total. The number of nitrogens with zero attached hydrogens (tertiary/aromatic N) is 3. The Labute approximate surface area is 238 Å². The predicted octanol–water partition coefficient (Wildman–Crippen LogP) is 3.35. The molecule has 12 heteroatoms. The molecule has 1 atom stereocenters. The molecule has 4 N–H and O–H groups in total. The van der Waals surface area contributed by atoms with Crippen LogP contribution in [0.4, 0.5) is 10.5 Å². The molecule has 1 aliphatic rings. The quantitative estimate of drug-likeness (QED) is 0.288. The fourth-order valence-electron chi connectivity index (χ4n) is 4.63. The molecule has 41 heavy (non-hydrogen) atoms. The van der Waals surface area contributed by atoms with Crippen molar-refractivity contribution in [2.24, 2.45) is 0 Å².